The van der Waals surface area contributed by atoms with Crippen molar-refractivity contribution in [3.8, 4) is 0 Å². The third-order valence-corrected chi connectivity index (χ3v) is 1.87. The fourth-order valence-electron chi connectivity index (χ4n) is 0.930. The largest absolute Gasteiger partial charge is 0.330 e. The van der Waals surface area contributed by atoms with Gasteiger partial charge in [-0.15, -0.1) is 0 Å². The molecule has 74 valence electrons. The van der Waals surface area contributed by atoms with Crippen molar-refractivity contribution >= 4 is 0 Å². The molecule has 0 amide bonds. The summed E-state index contributed by atoms with van der Waals surface area (Å²) in [6, 6.07) is 0. The molecule has 1 atom stereocenters. The Kier molecular flexibility index (Phi) is 5.51. The van der Waals surface area contributed by atoms with Crippen molar-refractivity contribution < 1.29 is 0 Å². The van der Waals surface area contributed by atoms with E-state index < -0.39 is 0 Å². The van der Waals surface area contributed by atoms with Crippen molar-refractivity contribution in [3.05, 3.63) is 0 Å². The molecule has 0 rings (SSSR count). The standard InChI is InChI=1S/C10H24N2/c1-9(7-11)5-6-12-8-10(2,3)4/h9,12H,5-8,11H2,1-4H3. The van der Waals surface area contributed by atoms with Gasteiger partial charge in [0.15, 0.2) is 0 Å². The summed E-state index contributed by atoms with van der Waals surface area (Å²) >= 11 is 0. The Bertz CT molecular complexity index is 105. The van der Waals surface area contributed by atoms with E-state index in [1.165, 1.54) is 6.42 Å². The molecule has 3 N–H and O–H groups in total. The Labute approximate surface area is 76.9 Å². The van der Waals surface area contributed by atoms with Crippen LogP contribution in [0, 0.1) is 11.3 Å². The van der Waals surface area contributed by atoms with Crippen molar-refractivity contribution in [1.29, 1.82) is 0 Å². The van der Waals surface area contributed by atoms with Gasteiger partial charge in [0.05, 0.1) is 0 Å². The summed E-state index contributed by atoms with van der Waals surface area (Å²) in [5.41, 5.74) is 5.91. The number of hydrogen-bond acceptors (Lipinski definition) is 2. The Hall–Kier alpha value is -0.0800. The molecular formula is C10H24N2. The highest BCUT2D eigenvalue weighted by Crippen LogP contribution is 2.10. The van der Waals surface area contributed by atoms with Crippen LogP contribution >= 0.6 is 0 Å². The molecule has 2 nitrogen and oxygen atoms in total. The molecule has 0 bridgehead atoms. The quantitative estimate of drug-likeness (QED) is 0.618. The first-order chi connectivity index (χ1) is 5.45. The average molecular weight is 172 g/mol. The third kappa shape index (κ3) is 8.02. The molecule has 0 aromatic rings. The van der Waals surface area contributed by atoms with E-state index in [2.05, 4.69) is 33.0 Å². The maximum atomic E-state index is 5.51. The van der Waals surface area contributed by atoms with Crippen LogP contribution in [0.25, 0.3) is 0 Å². The van der Waals surface area contributed by atoms with Crippen molar-refractivity contribution in [2.24, 2.45) is 17.1 Å². The van der Waals surface area contributed by atoms with E-state index >= 15 is 0 Å². The van der Waals surface area contributed by atoms with Crippen LogP contribution in [0.5, 0.6) is 0 Å². The molecule has 12 heavy (non-hydrogen) atoms. The van der Waals surface area contributed by atoms with Crippen LogP contribution in [-0.2, 0) is 0 Å². The summed E-state index contributed by atoms with van der Waals surface area (Å²) < 4.78 is 0. The zero-order valence-corrected chi connectivity index (χ0v) is 8.98. The second-order valence-electron chi connectivity index (χ2n) is 4.87. The molecule has 0 aliphatic rings. The van der Waals surface area contributed by atoms with E-state index in [-0.39, 0.29) is 0 Å². The Morgan fingerprint density at radius 2 is 1.92 bits per heavy atom. The molecule has 0 spiro atoms. The van der Waals surface area contributed by atoms with Crippen LogP contribution in [0.1, 0.15) is 34.1 Å². The second-order valence-corrected chi connectivity index (χ2v) is 4.87. The number of hydrogen-bond donors (Lipinski definition) is 2. The molecule has 0 radical (unpaired) electrons. The van der Waals surface area contributed by atoms with E-state index in [1.54, 1.807) is 0 Å². The third-order valence-electron chi connectivity index (χ3n) is 1.87. The fourth-order valence-corrected chi connectivity index (χ4v) is 0.930. The van der Waals surface area contributed by atoms with Gasteiger partial charge in [-0.2, -0.15) is 0 Å². The second kappa shape index (κ2) is 5.55. The summed E-state index contributed by atoms with van der Waals surface area (Å²) in [6.07, 6.45) is 1.19. The van der Waals surface area contributed by atoms with Crippen molar-refractivity contribution in [3.63, 3.8) is 0 Å². The molecule has 0 aliphatic heterocycles. The highest BCUT2D eigenvalue weighted by atomic mass is 14.9. The summed E-state index contributed by atoms with van der Waals surface area (Å²) in [4.78, 5) is 0. The SMILES string of the molecule is CC(CN)CCNCC(C)(C)C. The zero-order valence-electron chi connectivity index (χ0n) is 8.98. The highest BCUT2D eigenvalue weighted by Gasteiger charge is 2.08. The van der Waals surface area contributed by atoms with Crippen LogP contribution < -0.4 is 11.1 Å². The normalized spacial score (nSPS) is 14.8. The molecule has 0 aliphatic carbocycles. The van der Waals surface area contributed by atoms with Crippen LogP contribution in [-0.4, -0.2) is 19.6 Å². The van der Waals surface area contributed by atoms with Crippen LogP contribution in [0.3, 0.4) is 0 Å². The van der Waals surface area contributed by atoms with Crippen molar-refractivity contribution in [1.82, 2.24) is 5.32 Å². The van der Waals surface area contributed by atoms with E-state index in [0.29, 0.717) is 11.3 Å². The zero-order chi connectivity index (χ0) is 9.61. The Morgan fingerprint density at radius 1 is 1.33 bits per heavy atom. The summed E-state index contributed by atoms with van der Waals surface area (Å²) in [5, 5.41) is 3.44. The summed E-state index contributed by atoms with van der Waals surface area (Å²) in [5.74, 6) is 0.650. The van der Waals surface area contributed by atoms with E-state index in [1.807, 2.05) is 0 Å². The van der Waals surface area contributed by atoms with Crippen molar-refractivity contribution in [2.45, 2.75) is 34.1 Å². The first-order valence-electron chi connectivity index (χ1n) is 4.86. The molecule has 0 heterocycles. The lowest BCUT2D eigenvalue weighted by Gasteiger charge is -2.19. The monoisotopic (exact) mass is 172 g/mol. The van der Waals surface area contributed by atoms with Gasteiger partial charge in [-0.1, -0.05) is 27.7 Å². The molecule has 0 saturated heterocycles. The topological polar surface area (TPSA) is 38.0 Å². The number of rotatable bonds is 5. The lowest BCUT2D eigenvalue weighted by atomic mass is 9.97. The minimum absolute atomic E-state index is 0.395. The van der Waals surface area contributed by atoms with Gasteiger partial charge in [-0.25, -0.2) is 0 Å². The smallest absolute Gasteiger partial charge is 0.0000123 e. The molecule has 1 unspecified atom stereocenters. The van der Waals surface area contributed by atoms with Gasteiger partial charge in [-0.3, -0.25) is 0 Å². The summed E-state index contributed by atoms with van der Waals surface area (Å²) in [6.45, 7) is 11.9. The van der Waals surface area contributed by atoms with E-state index in [9.17, 15) is 0 Å². The minimum Gasteiger partial charge on any atom is -0.330 e. The maximum Gasteiger partial charge on any atom is -0.0000123 e. The van der Waals surface area contributed by atoms with Gasteiger partial charge in [0.1, 0.15) is 0 Å². The van der Waals surface area contributed by atoms with Gasteiger partial charge < -0.3 is 11.1 Å². The number of nitrogens with two attached hydrogens (primary N) is 1. The van der Waals surface area contributed by atoms with Gasteiger partial charge >= 0.3 is 0 Å². The molecule has 0 aromatic heterocycles. The predicted molar refractivity (Wildman–Crippen MR) is 55.2 cm³/mol. The molecule has 0 aromatic carbocycles. The van der Waals surface area contributed by atoms with Gasteiger partial charge in [0.25, 0.3) is 0 Å². The molecule has 2 heteroatoms. The highest BCUT2D eigenvalue weighted by molar-refractivity contribution is 4.65. The van der Waals surface area contributed by atoms with Gasteiger partial charge in [0, 0.05) is 0 Å². The number of nitrogens with one attached hydrogen (secondary N) is 1. The van der Waals surface area contributed by atoms with Gasteiger partial charge in [-0.05, 0) is 37.4 Å². The van der Waals surface area contributed by atoms with E-state index in [4.69, 9.17) is 5.73 Å². The Morgan fingerprint density at radius 3 is 2.33 bits per heavy atom. The fraction of sp³-hybridized carbons (Fsp3) is 1.00. The molecule has 0 fully saturated rings. The van der Waals surface area contributed by atoms with Crippen LogP contribution in [0.15, 0.2) is 0 Å². The maximum absolute atomic E-state index is 5.51. The molecule has 0 saturated carbocycles. The first-order valence-corrected chi connectivity index (χ1v) is 4.86. The summed E-state index contributed by atoms with van der Waals surface area (Å²) in [7, 11) is 0. The lowest BCUT2D eigenvalue weighted by Crippen LogP contribution is -2.29. The predicted octanol–water partition coefficient (Wildman–Crippen LogP) is 1.61. The van der Waals surface area contributed by atoms with E-state index in [0.717, 1.165) is 19.6 Å². The lowest BCUT2D eigenvalue weighted by molar-refractivity contribution is 0.370. The Balaban J connectivity index is 3.22. The average Bonchev–Trinajstić information content (AvgIpc) is 1.96. The van der Waals surface area contributed by atoms with Crippen LogP contribution in [0.4, 0.5) is 0 Å². The van der Waals surface area contributed by atoms with Gasteiger partial charge in [0.2, 0.25) is 0 Å². The minimum atomic E-state index is 0.395. The van der Waals surface area contributed by atoms with Crippen molar-refractivity contribution in [2.75, 3.05) is 19.6 Å². The molecular weight excluding hydrogens is 148 g/mol. The first kappa shape index (κ1) is 11.9. The van der Waals surface area contributed by atoms with Crippen LogP contribution in [0.2, 0.25) is 0 Å².